The number of hydrogen-bond donors (Lipinski definition) is 1. The minimum Gasteiger partial charge on any atom is -0.441 e. The quantitative estimate of drug-likeness (QED) is 0.497. The van der Waals surface area contributed by atoms with E-state index in [2.05, 4.69) is 16.0 Å². The van der Waals surface area contributed by atoms with Gasteiger partial charge in [0.1, 0.15) is 36.2 Å². The topological polar surface area (TPSA) is 140 Å². The summed E-state index contributed by atoms with van der Waals surface area (Å²) in [5, 5.41) is 10.1. The molecule has 0 bridgehead atoms. The minimum atomic E-state index is -3.89. The number of primary amides is 1. The molecule has 1 aliphatic rings. The molecular formula is C25H28N5O4S+. The molecule has 1 amide bonds. The van der Waals surface area contributed by atoms with E-state index in [1.54, 1.807) is 43.5 Å². The largest absolute Gasteiger partial charge is 0.441 e. The number of aromatic nitrogens is 2. The van der Waals surface area contributed by atoms with Crippen LogP contribution >= 0.6 is 0 Å². The molecule has 10 heteroatoms. The van der Waals surface area contributed by atoms with Gasteiger partial charge in [-0.1, -0.05) is 37.3 Å². The van der Waals surface area contributed by atoms with Crippen molar-refractivity contribution in [3.63, 3.8) is 0 Å². The summed E-state index contributed by atoms with van der Waals surface area (Å²) in [5.41, 5.74) is 7.34. The number of carbonyl (C=O) groups excluding carboxylic acids is 1. The van der Waals surface area contributed by atoms with Gasteiger partial charge in [0, 0.05) is 25.2 Å². The molecule has 1 saturated heterocycles. The summed E-state index contributed by atoms with van der Waals surface area (Å²) in [6.45, 7) is 3.89. The summed E-state index contributed by atoms with van der Waals surface area (Å²) in [6, 6.07) is 12.6. The molecule has 1 aliphatic heterocycles. The summed E-state index contributed by atoms with van der Waals surface area (Å²) in [4.78, 5) is 20.8. The maximum atomic E-state index is 14.0. The van der Waals surface area contributed by atoms with E-state index in [0.717, 1.165) is 0 Å². The van der Waals surface area contributed by atoms with Gasteiger partial charge in [0.15, 0.2) is 0 Å². The average Bonchev–Trinajstić information content (AvgIpc) is 3.33. The number of nitrogens with two attached hydrogens (primary N) is 1. The standard InChI is InChI=1S/C25H27N5O4S/c1-3-21-15-28-25(34-21)22-13-20(14-26)24(29-17(22)2)30(11-9-19(10-12-30)23(27)31)35(32,33)16-18-7-5-4-6-8-18/h4-8,13,15,19H,3,9-12,16H2,1-2H3,(H-,27,31)/p+1. The van der Waals surface area contributed by atoms with Crippen LogP contribution in [0, 0.1) is 24.2 Å². The summed E-state index contributed by atoms with van der Waals surface area (Å²) in [7, 11) is -3.89. The lowest BCUT2D eigenvalue weighted by atomic mass is 9.96. The van der Waals surface area contributed by atoms with E-state index in [-0.39, 0.29) is 43.1 Å². The summed E-state index contributed by atoms with van der Waals surface area (Å²) in [5.74, 6) is 0.111. The van der Waals surface area contributed by atoms with Crippen LogP contribution in [0.3, 0.4) is 0 Å². The molecule has 2 N–H and O–H groups in total. The number of oxazole rings is 1. The van der Waals surface area contributed by atoms with Crippen LogP contribution in [-0.4, -0.2) is 37.4 Å². The maximum absolute atomic E-state index is 14.0. The van der Waals surface area contributed by atoms with E-state index in [1.807, 2.05) is 13.0 Å². The summed E-state index contributed by atoms with van der Waals surface area (Å²) in [6.07, 6.45) is 2.87. The SMILES string of the molecule is CCc1cnc(-c2cc(C#N)c([N+]3(S(=O)(=O)Cc4ccccc4)CCC(C(N)=O)CC3)nc2C)o1. The number of amides is 1. The fourth-order valence-corrected chi connectivity index (χ4v) is 6.63. The van der Waals surface area contributed by atoms with Crippen LogP contribution in [0.1, 0.15) is 42.3 Å². The smallest absolute Gasteiger partial charge is 0.307 e. The first-order chi connectivity index (χ1) is 16.7. The molecule has 0 radical (unpaired) electrons. The van der Waals surface area contributed by atoms with E-state index in [1.165, 1.54) is 0 Å². The zero-order chi connectivity index (χ0) is 25.2. The second kappa shape index (κ2) is 9.60. The first kappa shape index (κ1) is 24.6. The van der Waals surface area contributed by atoms with Gasteiger partial charge >= 0.3 is 10.0 Å². The maximum Gasteiger partial charge on any atom is 0.307 e. The Morgan fingerprint density at radius 3 is 2.51 bits per heavy atom. The number of carbonyl (C=O) groups is 1. The highest BCUT2D eigenvalue weighted by Crippen LogP contribution is 2.39. The first-order valence-electron chi connectivity index (χ1n) is 11.5. The van der Waals surface area contributed by atoms with Crippen molar-refractivity contribution in [3.05, 3.63) is 65.2 Å². The number of piperidine rings is 1. The van der Waals surface area contributed by atoms with Gasteiger partial charge in [-0.25, -0.2) is 4.98 Å². The van der Waals surface area contributed by atoms with Gasteiger partial charge < -0.3 is 10.2 Å². The van der Waals surface area contributed by atoms with E-state index in [4.69, 9.17) is 10.2 Å². The highest BCUT2D eigenvalue weighted by Gasteiger charge is 2.50. The Morgan fingerprint density at radius 2 is 1.94 bits per heavy atom. The number of quaternary nitrogens is 1. The van der Waals surface area contributed by atoms with E-state index in [9.17, 15) is 18.5 Å². The van der Waals surface area contributed by atoms with Crippen molar-refractivity contribution in [3.8, 4) is 17.5 Å². The molecule has 0 unspecified atom stereocenters. The Labute approximate surface area is 204 Å². The first-order valence-corrected chi connectivity index (χ1v) is 13.1. The monoisotopic (exact) mass is 494 g/mol. The average molecular weight is 495 g/mol. The second-order valence-corrected chi connectivity index (χ2v) is 11.0. The van der Waals surface area contributed by atoms with Crippen LogP contribution in [0.4, 0.5) is 5.82 Å². The van der Waals surface area contributed by atoms with Crippen LogP contribution in [0.5, 0.6) is 0 Å². The van der Waals surface area contributed by atoms with E-state index < -0.39 is 25.7 Å². The second-order valence-electron chi connectivity index (χ2n) is 8.81. The van der Waals surface area contributed by atoms with Gasteiger partial charge in [-0.15, -0.1) is 0 Å². The van der Waals surface area contributed by atoms with Gasteiger partial charge in [0.2, 0.25) is 11.8 Å². The fourth-order valence-electron chi connectivity index (χ4n) is 4.60. The number of sulfonamides is 1. The predicted octanol–water partition coefficient (Wildman–Crippen LogP) is 3.21. The van der Waals surface area contributed by atoms with Gasteiger partial charge in [-0.2, -0.15) is 22.6 Å². The molecule has 2 aromatic heterocycles. The molecule has 182 valence electrons. The highest BCUT2D eigenvalue weighted by molar-refractivity contribution is 7.90. The molecule has 0 atom stereocenters. The number of rotatable bonds is 7. The van der Waals surface area contributed by atoms with Gasteiger partial charge in [0.25, 0.3) is 5.82 Å². The fraction of sp³-hybridized carbons (Fsp3) is 0.360. The Hall–Kier alpha value is -3.55. The summed E-state index contributed by atoms with van der Waals surface area (Å²) >= 11 is 0. The number of pyridine rings is 1. The van der Waals surface area contributed by atoms with Crippen molar-refractivity contribution >= 4 is 21.7 Å². The molecule has 1 aromatic carbocycles. The van der Waals surface area contributed by atoms with Crippen molar-refractivity contribution in [1.82, 2.24) is 13.9 Å². The third-order valence-electron chi connectivity index (χ3n) is 6.64. The molecule has 0 saturated carbocycles. The van der Waals surface area contributed by atoms with Crippen molar-refractivity contribution in [2.75, 3.05) is 13.1 Å². The Morgan fingerprint density at radius 1 is 1.26 bits per heavy atom. The molecule has 0 spiro atoms. The zero-order valence-electron chi connectivity index (χ0n) is 19.8. The number of benzene rings is 1. The Bertz CT molecular complexity index is 1380. The Kier molecular flexibility index (Phi) is 6.74. The third-order valence-corrected chi connectivity index (χ3v) is 8.94. The lowest BCUT2D eigenvalue weighted by Gasteiger charge is -2.40. The Balaban J connectivity index is 1.85. The summed E-state index contributed by atoms with van der Waals surface area (Å²) < 4.78 is 33.3. The normalized spacial score (nSPS) is 20.3. The molecule has 9 nitrogen and oxygen atoms in total. The molecule has 3 aromatic rings. The number of nitrogens with zero attached hydrogens (tertiary/aromatic N) is 4. The molecule has 4 rings (SSSR count). The van der Waals surface area contributed by atoms with Crippen LogP contribution in [0.2, 0.25) is 0 Å². The predicted molar refractivity (Wildman–Crippen MR) is 131 cm³/mol. The number of aryl methyl sites for hydroxylation is 2. The van der Waals surface area contributed by atoms with Crippen molar-refractivity contribution in [2.45, 2.75) is 38.9 Å². The highest BCUT2D eigenvalue weighted by atomic mass is 32.2. The van der Waals surface area contributed by atoms with E-state index in [0.29, 0.717) is 34.9 Å². The van der Waals surface area contributed by atoms with Crippen molar-refractivity contribution in [2.24, 2.45) is 11.7 Å². The number of hydrogen-bond acceptors (Lipinski definition) is 7. The molecule has 3 heterocycles. The van der Waals surface area contributed by atoms with E-state index >= 15 is 0 Å². The molecule has 1 fully saturated rings. The molecule has 35 heavy (non-hydrogen) atoms. The third kappa shape index (κ3) is 4.57. The van der Waals surface area contributed by atoms with Crippen LogP contribution in [-0.2, 0) is 27.0 Å². The van der Waals surface area contributed by atoms with Gasteiger partial charge in [0.05, 0.1) is 17.5 Å². The van der Waals surface area contributed by atoms with Crippen molar-refractivity contribution in [1.29, 1.82) is 5.26 Å². The minimum absolute atomic E-state index is 0.0994. The van der Waals surface area contributed by atoms with Crippen LogP contribution < -0.4 is 9.62 Å². The van der Waals surface area contributed by atoms with Crippen LogP contribution in [0.15, 0.2) is 47.0 Å². The van der Waals surface area contributed by atoms with Crippen LogP contribution in [0.25, 0.3) is 11.5 Å². The van der Waals surface area contributed by atoms with Gasteiger partial charge in [-0.05, 0) is 18.6 Å². The number of nitriles is 1. The zero-order valence-corrected chi connectivity index (χ0v) is 20.6. The lowest BCUT2D eigenvalue weighted by molar-refractivity contribution is -0.122. The van der Waals surface area contributed by atoms with Crippen molar-refractivity contribution < 1.29 is 17.6 Å². The molecule has 0 aliphatic carbocycles. The molecular weight excluding hydrogens is 466 g/mol. The lowest BCUT2D eigenvalue weighted by Crippen LogP contribution is -2.60. The van der Waals surface area contributed by atoms with Gasteiger partial charge in [-0.3, -0.25) is 4.79 Å².